The van der Waals surface area contributed by atoms with Gasteiger partial charge in [-0.2, -0.15) is 0 Å². The Bertz CT molecular complexity index is 907. The molecular formula is C22H25N5O2. The summed E-state index contributed by atoms with van der Waals surface area (Å²) in [6.45, 7) is 3.79. The van der Waals surface area contributed by atoms with Crippen LogP contribution in [0, 0.1) is 0 Å². The lowest BCUT2D eigenvalue weighted by Gasteiger charge is -2.34. The second-order valence-corrected chi connectivity index (χ2v) is 6.97. The summed E-state index contributed by atoms with van der Waals surface area (Å²) in [6.07, 6.45) is 5.35. The fourth-order valence-corrected chi connectivity index (χ4v) is 3.59. The van der Waals surface area contributed by atoms with Crippen LogP contribution >= 0.6 is 0 Å². The van der Waals surface area contributed by atoms with E-state index in [0.717, 1.165) is 30.2 Å². The van der Waals surface area contributed by atoms with Crippen LogP contribution in [0.5, 0.6) is 0 Å². The van der Waals surface area contributed by atoms with E-state index in [4.69, 9.17) is 4.74 Å². The van der Waals surface area contributed by atoms with Gasteiger partial charge < -0.3 is 14.6 Å². The molecule has 1 N–H and O–H groups in total. The lowest BCUT2D eigenvalue weighted by Crippen LogP contribution is -2.44. The van der Waals surface area contributed by atoms with E-state index in [0.29, 0.717) is 19.8 Å². The molecule has 29 heavy (non-hydrogen) atoms. The molecule has 3 aromatic rings. The second-order valence-electron chi connectivity index (χ2n) is 6.97. The van der Waals surface area contributed by atoms with Crippen LogP contribution in [0.3, 0.4) is 0 Å². The number of hydrogen-bond acceptors (Lipinski definition) is 5. The minimum Gasteiger partial charge on any atom is -0.379 e. The van der Waals surface area contributed by atoms with Crippen LogP contribution in [0.25, 0.3) is 11.4 Å². The zero-order valence-electron chi connectivity index (χ0n) is 16.3. The molecule has 4 rings (SSSR count). The van der Waals surface area contributed by atoms with E-state index in [1.54, 1.807) is 12.4 Å². The minimum atomic E-state index is -0.0469. The van der Waals surface area contributed by atoms with E-state index in [2.05, 4.69) is 20.2 Å². The van der Waals surface area contributed by atoms with Crippen LogP contribution in [0.1, 0.15) is 11.7 Å². The Hall–Kier alpha value is -3.03. The highest BCUT2D eigenvalue weighted by atomic mass is 16.5. The number of pyridine rings is 1. The number of nitrogens with one attached hydrogen (secondary N) is 1. The van der Waals surface area contributed by atoms with Crippen molar-refractivity contribution in [2.75, 3.05) is 32.8 Å². The lowest BCUT2D eigenvalue weighted by molar-refractivity contribution is -0.122. The van der Waals surface area contributed by atoms with Crippen LogP contribution in [-0.4, -0.2) is 58.2 Å². The lowest BCUT2D eigenvalue weighted by atomic mass is 10.1. The minimum absolute atomic E-state index is 0.0282. The molecule has 0 bridgehead atoms. The Labute approximate surface area is 170 Å². The van der Waals surface area contributed by atoms with Gasteiger partial charge in [0.2, 0.25) is 5.91 Å². The second kappa shape index (κ2) is 9.45. The van der Waals surface area contributed by atoms with Gasteiger partial charge in [-0.05, 0) is 12.1 Å². The molecule has 0 spiro atoms. The van der Waals surface area contributed by atoms with E-state index >= 15 is 0 Å². The molecule has 1 fully saturated rings. The molecule has 1 aliphatic heterocycles. The zero-order valence-corrected chi connectivity index (χ0v) is 16.3. The van der Waals surface area contributed by atoms with Crippen LogP contribution < -0.4 is 5.32 Å². The number of nitrogens with zero attached hydrogens (tertiary/aromatic N) is 4. The van der Waals surface area contributed by atoms with Crippen molar-refractivity contribution in [2.24, 2.45) is 0 Å². The Morgan fingerprint density at radius 2 is 1.83 bits per heavy atom. The number of imidazole rings is 1. The molecule has 2 aromatic heterocycles. The van der Waals surface area contributed by atoms with Crippen molar-refractivity contribution < 1.29 is 9.53 Å². The van der Waals surface area contributed by atoms with E-state index in [-0.39, 0.29) is 18.5 Å². The maximum absolute atomic E-state index is 12.7. The molecule has 7 nitrogen and oxygen atoms in total. The van der Waals surface area contributed by atoms with Crippen LogP contribution in [0.15, 0.2) is 67.1 Å². The fraction of sp³-hybridized carbons (Fsp3) is 0.318. The zero-order chi connectivity index (χ0) is 19.9. The quantitative estimate of drug-likeness (QED) is 0.668. The summed E-state index contributed by atoms with van der Waals surface area (Å²) in [4.78, 5) is 23.9. The van der Waals surface area contributed by atoms with Crippen LogP contribution in [0.2, 0.25) is 0 Å². The molecule has 1 atom stereocenters. The standard InChI is InChI=1S/C22H25N5O2/c28-21(17-27-11-10-24-22(27)18-6-2-1-3-7-18)25-16-20(19-8-4-5-9-23-19)26-12-14-29-15-13-26/h1-11,20H,12-17H2,(H,25,28)/t20-/m1/s1. The highest BCUT2D eigenvalue weighted by Crippen LogP contribution is 2.20. The molecule has 1 saturated heterocycles. The number of benzene rings is 1. The van der Waals surface area contributed by atoms with E-state index < -0.39 is 0 Å². The van der Waals surface area contributed by atoms with Gasteiger partial charge in [0.25, 0.3) is 0 Å². The van der Waals surface area contributed by atoms with Crippen molar-refractivity contribution in [2.45, 2.75) is 12.6 Å². The van der Waals surface area contributed by atoms with E-state index in [1.807, 2.05) is 59.3 Å². The maximum atomic E-state index is 12.7. The fourth-order valence-electron chi connectivity index (χ4n) is 3.59. The maximum Gasteiger partial charge on any atom is 0.240 e. The van der Waals surface area contributed by atoms with Gasteiger partial charge in [0, 0.05) is 43.8 Å². The molecule has 0 saturated carbocycles. The number of hydrogen-bond donors (Lipinski definition) is 1. The first-order valence-electron chi connectivity index (χ1n) is 9.87. The van der Waals surface area contributed by atoms with Crippen molar-refractivity contribution in [3.8, 4) is 11.4 Å². The smallest absolute Gasteiger partial charge is 0.240 e. The summed E-state index contributed by atoms with van der Waals surface area (Å²) in [7, 11) is 0. The highest BCUT2D eigenvalue weighted by Gasteiger charge is 2.24. The number of carbonyl (C=O) groups excluding carboxylic acids is 1. The first kappa shape index (κ1) is 19.3. The Morgan fingerprint density at radius 1 is 1.03 bits per heavy atom. The number of morpholine rings is 1. The van der Waals surface area contributed by atoms with Crippen molar-refractivity contribution in [1.29, 1.82) is 0 Å². The van der Waals surface area contributed by atoms with Crippen molar-refractivity contribution >= 4 is 5.91 Å². The van der Waals surface area contributed by atoms with Gasteiger partial charge in [-0.3, -0.25) is 14.7 Å². The molecule has 1 aliphatic rings. The summed E-state index contributed by atoms with van der Waals surface area (Å²) < 4.78 is 7.35. The number of ether oxygens (including phenoxy) is 1. The molecule has 150 valence electrons. The monoisotopic (exact) mass is 391 g/mol. The largest absolute Gasteiger partial charge is 0.379 e. The van der Waals surface area contributed by atoms with Gasteiger partial charge in [0.1, 0.15) is 12.4 Å². The van der Waals surface area contributed by atoms with Gasteiger partial charge in [-0.15, -0.1) is 0 Å². The summed E-state index contributed by atoms with van der Waals surface area (Å²) in [5.74, 6) is 0.740. The number of aromatic nitrogens is 3. The average molecular weight is 391 g/mol. The Kier molecular flexibility index (Phi) is 6.29. The van der Waals surface area contributed by atoms with Crippen LogP contribution in [0.4, 0.5) is 0 Å². The highest BCUT2D eigenvalue weighted by molar-refractivity contribution is 5.76. The molecular weight excluding hydrogens is 366 g/mol. The van der Waals surface area contributed by atoms with Crippen molar-refractivity contribution in [3.05, 3.63) is 72.8 Å². The summed E-state index contributed by atoms with van der Waals surface area (Å²) in [5, 5.41) is 3.09. The van der Waals surface area contributed by atoms with Crippen LogP contribution in [-0.2, 0) is 16.1 Å². The van der Waals surface area contributed by atoms with Gasteiger partial charge in [0.05, 0.1) is 24.9 Å². The van der Waals surface area contributed by atoms with Gasteiger partial charge in [0.15, 0.2) is 0 Å². The SMILES string of the molecule is O=C(Cn1ccnc1-c1ccccc1)NC[C@H](c1ccccn1)N1CCOCC1. The van der Waals surface area contributed by atoms with E-state index in [1.165, 1.54) is 0 Å². The molecule has 7 heteroatoms. The van der Waals surface area contributed by atoms with Gasteiger partial charge in [-0.1, -0.05) is 36.4 Å². The van der Waals surface area contributed by atoms with Crippen molar-refractivity contribution in [3.63, 3.8) is 0 Å². The average Bonchev–Trinajstić information content (AvgIpc) is 3.24. The number of carbonyl (C=O) groups is 1. The summed E-state index contributed by atoms with van der Waals surface area (Å²) >= 11 is 0. The number of amides is 1. The first-order chi connectivity index (χ1) is 14.3. The van der Waals surface area contributed by atoms with Crippen molar-refractivity contribution in [1.82, 2.24) is 24.8 Å². The third-order valence-electron chi connectivity index (χ3n) is 5.07. The number of rotatable bonds is 7. The summed E-state index contributed by atoms with van der Waals surface area (Å²) in [5.41, 5.74) is 1.95. The van der Waals surface area contributed by atoms with Gasteiger partial charge >= 0.3 is 0 Å². The third-order valence-corrected chi connectivity index (χ3v) is 5.07. The topological polar surface area (TPSA) is 72.3 Å². The molecule has 0 unspecified atom stereocenters. The van der Waals surface area contributed by atoms with Gasteiger partial charge in [-0.25, -0.2) is 4.98 Å². The third kappa shape index (κ3) is 4.88. The Balaban J connectivity index is 1.42. The molecule has 0 aliphatic carbocycles. The normalized spacial score (nSPS) is 15.7. The predicted molar refractivity (Wildman–Crippen MR) is 110 cm³/mol. The predicted octanol–water partition coefficient (Wildman–Crippen LogP) is 2.13. The Morgan fingerprint density at radius 3 is 2.59 bits per heavy atom. The summed E-state index contributed by atoms with van der Waals surface area (Å²) in [6, 6.07) is 15.8. The molecule has 0 radical (unpaired) electrons. The molecule has 1 aromatic carbocycles. The molecule has 1 amide bonds. The van der Waals surface area contributed by atoms with E-state index in [9.17, 15) is 4.79 Å². The first-order valence-corrected chi connectivity index (χ1v) is 9.87. The molecule has 3 heterocycles.